The molecule has 0 spiro atoms. The molecule has 4 bridgehead atoms. The van der Waals surface area contributed by atoms with Crippen molar-refractivity contribution in [2.75, 3.05) is 0 Å². The molecule has 0 radical (unpaired) electrons. The van der Waals surface area contributed by atoms with E-state index in [0.717, 1.165) is 35.9 Å². The van der Waals surface area contributed by atoms with E-state index in [-0.39, 0.29) is 6.04 Å². The lowest BCUT2D eigenvalue weighted by Gasteiger charge is -2.53. The first-order valence-electron chi connectivity index (χ1n) is 8.25. The van der Waals surface area contributed by atoms with Crippen LogP contribution in [-0.4, -0.2) is 20.8 Å². The van der Waals surface area contributed by atoms with Gasteiger partial charge in [0.2, 0.25) is 0 Å². The number of hydrogen-bond donors (Lipinski definition) is 1. The molecule has 4 heteroatoms. The van der Waals surface area contributed by atoms with Gasteiger partial charge in [-0.15, -0.1) is 0 Å². The molecular weight excluding hydrogens is 248 g/mol. The molecule has 4 fully saturated rings. The monoisotopic (exact) mass is 274 g/mol. The van der Waals surface area contributed by atoms with Crippen LogP contribution >= 0.6 is 0 Å². The highest BCUT2D eigenvalue weighted by molar-refractivity contribution is 5.12. The van der Waals surface area contributed by atoms with Crippen LogP contribution in [0.3, 0.4) is 0 Å². The molecule has 110 valence electrons. The number of hydrogen-bond acceptors (Lipinski definition) is 3. The molecule has 4 aliphatic rings. The first-order valence-corrected chi connectivity index (χ1v) is 8.25. The third-order valence-electron chi connectivity index (χ3n) is 5.87. The lowest BCUT2D eigenvalue weighted by atomic mass is 9.51. The van der Waals surface area contributed by atoms with Gasteiger partial charge in [0, 0.05) is 25.4 Å². The zero-order valence-corrected chi connectivity index (χ0v) is 12.6. The van der Waals surface area contributed by atoms with Crippen molar-refractivity contribution >= 4 is 0 Å². The van der Waals surface area contributed by atoms with Gasteiger partial charge >= 0.3 is 0 Å². The fourth-order valence-corrected chi connectivity index (χ4v) is 5.46. The summed E-state index contributed by atoms with van der Waals surface area (Å²) in [5.74, 6) is 6.63. The molecule has 0 aromatic carbocycles. The molecule has 0 amide bonds. The second kappa shape index (κ2) is 4.55. The molecule has 1 unspecified atom stereocenters. The van der Waals surface area contributed by atoms with Gasteiger partial charge in [0.25, 0.3) is 0 Å². The van der Waals surface area contributed by atoms with Crippen molar-refractivity contribution in [2.45, 2.75) is 57.4 Å². The molecule has 1 atom stereocenters. The van der Waals surface area contributed by atoms with Crippen LogP contribution in [0.15, 0.2) is 0 Å². The molecular formula is C16H26N4. The Balaban J connectivity index is 1.62. The smallest absolute Gasteiger partial charge is 0.152 e. The summed E-state index contributed by atoms with van der Waals surface area (Å²) in [5.41, 5.74) is 5.89. The van der Waals surface area contributed by atoms with Gasteiger partial charge in [-0.2, -0.15) is 5.10 Å². The number of aryl methyl sites for hydroxylation is 1. The minimum absolute atomic E-state index is 0.142. The van der Waals surface area contributed by atoms with Crippen LogP contribution < -0.4 is 5.73 Å². The van der Waals surface area contributed by atoms with Crippen molar-refractivity contribution < 1.29 is 0 Å². The first-order chi connectivity index (χ1) is 9.60. The van der Waals surface area contributed by atoms with Gasteiger partial charge in [0.05, 0.1) is 0 Å². The minimum Gasteiger partial charge on any atom is -0.328 e. The molecule has 4 aliphatic carbocycles. The predicted octanol–water partition coefficient (Wildman–Crippen LogP) is 2.24. The van der Waals surface area contributed by atoms with Crippen molar-refractivity contribution in [3.8, 4) is 0 Å². The maximum absolute atomic E-state index is 5.89. The van der Waals surface area contributed by atoms with E-state index < -0.39 is 0 Å². The molecule has 20 heavy (non-hydrogen) atoms. The Morgan fingerprint density at radius 3 is 2.30 bits per heavy atom. The zero-order valence-electron chi connectivity index (χ0n) is 12.6. The van der Waals surface area contributed by atoms with Crippen molar-refractivity contribution in [3.63, 3.8) is 0 Å². The Kier molecular flexibility index (Phi) is 2.92. The Hall–Kier alpha value is -0.900. The van der Waals surface area contributed by atoms with E-state index >= 15 is 0 Å². The van der Waals surface area contributed by atoms with E-state index in [1.165, 1.54) is 37.9 Å². The normalized spacial score (nSPS) is 40.2. The van der Waals surface area contributed by atoms with Crippen molar-refractivity contribution in [1.29, 1.82) is 0 Å². The first kappa shape index (κ1) is 12.8. The minimum atomic E-state index is 0.142. The Morgan fingerprint density at radius 2 is 1.75 bits per heavy atom. The topological polar surface area (TPSA) is 56.7 Å². The van der Waals surface area contributed by atoms with Crippen LogP contribution in [0.1, 0.15) is 56.6 Å². The SMILES string of the molecule is CC(N)Cc1nc(C2C3CC4CC(C3)CC2C4)n(C)n1. The van der Waals surface area contributed by atoms with Crippen LogP contribution in [0.4, 0.5) is 0 Å². The predicted molar refractivity (Wildman–Crippen MR) is 78.1 cm³/mol. The van der Waals surface area contributed by atoms with Crippen LogP contribution in [0.5, 0.6) is 0 Å². The highest BCUT2D eigenvalue weighted by Crippen LogP contribution is 2.59. The number of nitrogens with zero attached hydrogens (tertiary/aromatic N) is 3. The van der Waals surface area contributed by atoms with Crippen LogP contribution in [0.25, 0.3) is 0 Å². The van der Waals surface area contributed by atoms with Gasteiger partial charge in [-0.3, -0.25) is 4.68 Å². The molecule has 0 aliphatic heterocycles. The van der Waals surface area contributed by atoms with E-state index in [2.05, 4.69) is 12.1 Å². The maximum Gasteiger partial charge on any atom is 0.152 e. The van der Waals surface area contributed by atoms with Crippen LogP contribution in [0, 0.1) is 23.7 Å². The average molecular weight is 274 g/mol. The largest absolute Gasteiger partial charge is 0.328 e. The van der Waals surface area contributed by atoms with Gasteiger partial charge < -0.3 is 5.73 Å². The molecule has 5 rings (SSSR count). The summed E-state index contributed by atoms with van der Waals surface area (Å²) >= 11 is 0. The van der Waals surface area contributed by atoms with Gasteiger partial charge in [-0.1, -0.05) is 0 Å². The molecule has 0 saturated heterocycles. The summed E-state index contributed by atoms with van der Waals surface area (Å²) in [7, 11) is 2.07. The van der Waals surface area contributed by atoms with Crippen LogP contribution in [-0.2, 0) is 13.5 Å². The molecule has 4 saturated carbocycles. The van der Waals surface area contributed by atoms with Gasteiger partial charge in [-0.05, 0) is 62.7 Å². The van der Waals surface area contributed by atoms with Crippen molar-refractivity contribution in [2.24, 2.45) is 36.5 Å². The maximum atomic E-state index is 5.89. The molecule has 1 aromatic rings. The lowest BCUT2D eigenvalue weighted by Crippen LogP contribution is -2.44. The summed E-state index contributed by atoms with van der Waals surface area (Å²) in [6.07, 6.45) is 8.05. The fourth-order valence-electron chi connectivity index (χ4n) is 5.46. The van der Waals surface area contributed by atoms with E-state index in [1.807, 2.05) is 11.6 Å². The van der Waals surface area contributed by atoms with E-state index in [4.69, 9.17) is 10.7 Å². The highest BCUT2D eigenvalue weighted by atomic mass is 15.3. The van der Waals surface area contributed by atoms with Gasteiger partial charge in [0.15, 0.2) is 5.82 Å². The number of rotatable bonds is 3. The third-order valence-corrected chi connectivity index (χ3v) is 5.87. The quantitative estimate of drug-likeness (QED) is 0.919. The average Bonchev–Trinajstić information content (AvgIpc) is 2.68. The molecule has 1 heterocycles. The van der Waals surface area contributed by atoms with Gasteiger partial charge in [0.1, 0.15) is 5.82 Å². The summed E-state index contributed by atoms with van der Waals surface area (Å²) in [5, 5.41) is 4.61. The third kappa shape index (κ3) is 2.00. The molecule has 2 N–H and O–H groups in total. The van der Waals surface area contributed by atoms with E-state index in [1.54, 1.807) is 0 Å². The van der Waals surface area contributed by atoms with Gasteiger partial charge in [-0.25, -0.2) is 4.98 Å². The molecule has 4 nitrogen and oxygen atoms in total. The van der Waals surface area contributed by atoms with E-state index in [9.17, 15) is 0 Å². The highest BCUT2D eigenvalue weighted by Gasteiger charge is 2.50. The summed E-state index contributed by atoms with van der Waals surface area (Å²) in [4.78, 5) is 4.87. The molecule has 1 aromatic heterocycles. The fraction of sp³-hybridized carbons (Fsp3) is 0.875. The number of nitrogens with two attached hydrogens (primary N) is 1. The van der Waals surface area contributed by atoms with Crippen molar-refractivity contribution in [1.82, 2.24) is 14.8 Å². The number of aromatic nitrogens is 3. The summed E-state index contributed by atoms with van der Waals surface area (Å²) in [6.45, 7) is 2.03. The second-order valence-electron chi connectivity index (χ2n) is 7.65. The second-order valence-corrected chi connectivity index (χ2v) is 7.65. The summed E-state index contributed by atoms with van der Waals surface area (Å²) in [6, 6.07) is 0.142. The van der Waals surface area contributed by atoms with Crippen LogP contribution in [0.2, 0.25) is 0 Å². The Morgan fingerprint density at radius 1 is 1.15 bits per heavy atom. The van der Waals surface area contributed by atoms with E-state index in [0.29, 0.717) is 5.92 Å². The Bertz CT molecular complexity index is 477. The lowest BCUT2D eigenvalue weighted by molar-refractivity contribution is -0.00678. The van der Waals surface area contributed by atoms with Crippen molar-refractivity contribution in [3.05, 3.63) is 11.6 Å². The standard InChI is InChI=1S/C16H26N4/c1-9(17)3-14-18-16(20(2)19-14)15-12-5-10-4-11(7-12)8-13(15)6-10/h9-13,15H,3-8,17H2,1-2H3. The Labute approximate surface area is 121 Å². The summed E-state index contributed by atoms with van der Waals surface area (Å²) < 4.78 is 2.05. The zero-order chi connectivity index (χ0) is 13.9.